The number of hydrogen-bond acceptors (Lipinski definition) is 4. The highest BCUT2D eigenvalue weighted by molar-refractivity contribution is 5.86. The Morgan fingerprint density at radius 1 is 0.971 bits per heavy atom. The Kier molecular flexibility index (Phi) is 5.86. The molecule has 3 aromatic carbocycles. The van der Waals surface area contributed by atoms with Crippen LogP contribution in [0.3, 0.4) is 0 Å². The molecule has 176 valence electrons. The summed E-state index contributed by atoms with van der Waals surface area (Å²) in [6.07, 6.45) is 0. The van der Waals surface area contributed by atoms with Crippen LogP contribution in [-0.4, -0.2) is 21.1 Å². The van der Waals surface area contributed by atoms with Crippen LogP contribution in [0.15, 0.2) is 83.0 Å². The van der Waals surface area contributed by atoms with Crippen molar-refractivity contribution >= 4 is 11.6 Å². The summed E-state index contributed by atoms with van der Waals surface area (Å²) in [5.41, 5.74) is 4.50. The molecule has 2 heterocycles. The first kappa shape index (κ1) is 22.5. The maximum atomic E-state index is 13.6. The van der Waals surface area contributed by atoms with E-state index in [1.807, 2.05) is 31.2 Å². The quantitative estimate of drug-likeness (QED) is 0.386. The predicted molar refractivity (Wildman–Crippen MR) is 127 cm³/mol. The van der Waals surface area contributed by atoms with Crippen molar-refractivity contribution in [3.63, 3.8) is 0 Å². The van der Waals surface area contributed by atoms with Gasteiger partial charge in [0.25, 0.3) is 5.89 Å². The summed E-state index contributed by atoms with van der Waals surface area (Å²) in [4.78, 5) is 19.3. The van der Waals surface area contributed by atoms with Crippen molar-refractivity contribution in [3.8, 4) is 11.4 Å². The Morgan fingerprint density at radius 3 is 2.34 bits per heavy atom. The van der Waals surface area contributed by atoms with Crippen molar-refractivity contribution in [1.29, 1.82) is 0 Å². The lowest BCUT2D eigenvalue weighted by Crippen LogP contribution is -2.45. The van der Waals surface area contributed by atoms with Crippen LogP contribution in [-0.2, 0) is 6.54 Å². The van der Waals surface area contributed by atoms with E-state index in [2.05, 4.69) is 15.5 Å². The number of urea groups is 1. The molecular formula is C27H22F2N4O2. The van der Waals surface area contributed by atoms with Crippen LogP contribution in [0.25, 0.3) is 17.0 Å². The van der Waals surface area contributed by atoms with E-state index in [0.717, 1.165) is 16.7 Å². The zero-order valence-corrected chi connectivity index (χ0v) is 19.1. The number of carbonyl (C=O) groups is 1. The number of nitrogens with one attached hydrogen (secondary N) is 1. The summed E-state index contributed by atoms with van der Waals surface area (Å²) in [7, 11) is 0. The third kappa shape index (κ3) is 4.55. The van der Waals surface area contributed by atoms with Gasteiger partial charge in [-0.1, -0.05) is 53.2 Å². The lowest BCUT2D eigenvalue weighted by molar-refractivity contribution is 0.203. The minimum atomic E-state index is -0.627. The lowest BCUT2D eigenvalue weighted by atomic mass is 9.94. The second-order valence-electron chi connectivity index (χ2n) is 8.44. The fourth-order valence-electron chi connectivity index (χ4n) is 4.16. The summed E-state index contributed by atoms with van der Waals surface area (Å²) in [6, 6.07) is 18.6. The molecule has 1 aliphatic rings. The Labute approximate surface area is 200 Å². The number of hydrogen-bond donors (Lipinski definition) is 1. The van der Waals surface area contributed by atoms with Gasteiger partial charge in [0.1, 0.15) is 11.6 Å². The largest absolute Gasteiger partial charge is 0.334 e. The first-order valence-electron chi connectivity index (χ1n) is 11.1. The van der Waals surface area contributed by atoms with E-state index in [0.29, 0.717) is 22.7 Å². The highest BCUT2D eigenvalue weighted by Crippen LogP contribution is 2.38. The number of aryl methyl sites for hydroxylation is 1. The maximum Gasteiger partial charge on any atom is 0.322 e. The van der Waals surface area contributed by atoms with Crippen molar-refractivity contribution in [1.82, 2.24) is 20.4 Å². The van der Waals surface area contributed by atoms with Gasteiger partial charge in [-0.25, -0.2) is 13.6 Å². The van der Waals surface area contributed by atoms with E-state index in [4.69, 9.17) is 4.52 Å². The molecule has 0 fully saturated rings. The molecule has 1 aromatic heterocycles. The van der Waals surface area contributed by atoms with E-state index >= 15 is 0 Å². The molecule has 2 amide bonds. The van der Waals surface area contributed by atoms with Gasteiger partial charge in [0.05, 0.1) is 18.2 Å². The second kappa shape index (κ2) is 9.13. The molecule has 5 rings (SSSR count). The van der Waals surface area contributed by atoms with Crippen LogP contribution in [0.4, 0.5) is 13.6 Å². The molecule has 1 aliphatic heterocycles. The third-order valence-electron chi connectivity index (χ3n) is 5.99. The van der Waals surface area contributed by atoms with Gasteiger partial charge in [-0.05, 0) is 55.3 Å². The molecule has 0 radical (unpaired) electrons. The normalized spacial score (nSPS) is 15.9. The van der Waals surface area contributed by atoms with E-state index in [1.54, 1.807) is 36.1 Å². The van der Waals surface area contributed by atoms with Gasteiger partial charge in [-0.15, -0.1) is 0 Å². The summed E-state index contributed by atoms with van der Waals surface area (Å²) in [5, 5.41) is 7.14. The van der Waals surface area contributed by atoms with Crippen molar-refractivity contribution in [3.05, 3.63) is 113 Å². The van der Waals surface area contributed by atoms with Crippen LogP contribution < -0.4 is 5.32 Å². The zero-order valence-electron chi connectivity index (χ0n) is 19.1. The monoisotopic (exact) mass is 472 g/mol. The second-order valence-corrected chi connectivity index (χ2v) is 8.44. The number of benzene rings is 3. The van der Waals surface area contributed by atoms with Gasteiger partial charge in [-0.2, -0.15) is 4.98 Å². The van der Waals surface area contributed by atoms with E-state index in [-0.39, 0.29) is 30.1 Å². The average Bonchev–Trinajstić information content (AvgIpc) is 3.33. The Bertz CT molecular complexity index is 1410. The molecule has 8 heteroatoms. The molecule has 35 heavy (non-hydrogen) atoms. The molecule has 4 aromatic rings. The number of aromatic nitrogens is 2. The Morgan fingerprint density at radius 2 is 1.66 bits per heavy atom. The van der Waals surface area contributed by atoms with Gasteiger partial charge in [-0.3, -0.25) is 4.90 Å². The van der Waals surface area contributed by atoms with Gasteiger partial charge >= 0.3 is 6.03 Å². The number of allylic oxidation sites excluding steroid dienone is 1. The summed E-state index contributed by atoms with van der Waals surface area (Å²) in [6.45, 7) is 3.99. The van der Waals surface area contributed by atoms with Crippen LogP contribution in [0.5, 0.6) is 0 Å². The minimum absolute atomic E-state index is 0.219. The molecule has 1 N–H and O–H groups in total. The highest BCUT2D eigenvalue weighted by atomic mass is 19.1. The van der Waals surface area contributed by atoms with Gasteiger partial charge in [0.15, 0.2) is 0 Å². The van der Waals surface area contributed by atoms with Crippen molar-refractivity contribution in [2.75, 3.05) is 0 Å². The fourth-order valence-corrected chi connectivity index (χ4v) is 4.16. The molecule has 1 atom stereocenters. The van der Waals surface area contributed by atoms with Crippen molar-refractivity contribution < 1.29 is 18.1 Å². The summed E-state index contributed by atoms with van der Waals surface area (Å²) in [5.74, 6) is -0.0624. The fraction of sp³-hybridized carbons (Fsp3) is 0.148. The predicted octanol–water partition coefficient (Wildman–Crippen LogP) is 6.02. The molecule has 6 nitrogen and oxygen atoms in total. The number of amides is 2. The number of nitrogens with zero attached hydrogens (tertiary/aromatic N) is 3. The zero-order chi connectivity index (χ0) is 24.5. The first-order valence-corrected chi connectivity index (χ1v) is 11.1. The minimum Gasteiger partial charge on any atom is -0.334 e. The average molecular weight is 472 g/mol. The number of rotatable bonds is 5. The molecule has 0 saturated carbocycles. The molecule has 0 saturated heterocycles. The summed E-state index contributed by atoms with van der Waals surface area (Å²) < 4.78 is 32.7. The molecular weight excluding hydrogens is 450 g/mol. The third-order valence-corrected chi connectivity index (χ3v) is 5.99. The van der Waals surface area contributed by atoms with E-state index in [9.17, 15) is 13.6 Å². The van der Waals surface area contributed by atoms with Crippen LogP contribution in [0.2, 0.25) is 0 Å². The molecule has 0 bridgehead atoms. The topological polar surface area (TPSA) is 71.3 Å². The van der Waals surface area contributed by atoms with Gasteiger partial charge in [0, 0.05) is 11.3 Å². The summed E-state index contributed by atoms with van der Waals surface area (Å²) >= 11 is 0. The molecule has 0 spiro atoms. The van der Waals surface area contributed by atoms with Crippen LogP contribution in [0.1, 0.15) is 35.5 Å². The van der Waals surface area contributed by atoms with Crippen molar-refractivity contribution in [2.24, 2.45) is 0 Å². The van der Waals surface area contributed by atoms with Gasteiger partial charge in [0.2, 0.25) is 5.82 Å². The number of carbonyl (C=O) groups excluding carboxylic acids is 1. The SMILES string of the molecule is CC1=C(c2nc(-c3cccc(C)c3)no2)C(c2ccc(F)cc2)NC(=O)N1Cc1ccc(F)cc1. The maximum absolute atomic E-state index is 13.6. The highest BCUT2D eigenvalue weighted by Gasteiger charge is 2.35. The first-order chi connectivity index (χ1) is 16.9. The lowest BCUT2D eigenvalue weighted by Gasteiger charge is -2.35. The van der Waals surface area contributed by atoms with Crippen LogP contribution in [0, 0.1) is 18.6 Å². The Hall–Kier alpha value is -4.33. The van der Waals surface area contributed by atoms with E-state index < -0.39 is 6.04 Å². The Balaban J connectivity index is 1.59. The van der Waals surface area contributed by atoms with E-state index in [1.165, 1.54) is 24.3 Å². The number of halogens is 2. The van der Waals surface area contributed by atoms with Crippen LogP contribution >= 0.6 is 0 Å². The van der Waals surface area contributed by atoms with Gasteiger partial charge < -0.3 is 9.84 Å². The molecule has 0 aliphatic carbocycles. The smallest absolute Gasteiger partial charge is 0.322 e. The van der Waals surface area contributed by atoms with Crippen molar-refractivity contribution in [2.45, 2.75) is 26.4 Å². The standard InChI is InChI=1S/C27H22F2N4O2/c1-16-4-3-5-20(14-16)25-31-26(35-32-25)23-17(2)33(15-18-6-10-21(28)11-7-18)27(34)30-24(23)19-8-12-22(29)13-9-19/h3-14,24H,15H2,1-2H3,(H,30,34). The molecule has 1 unspecified atom stereocenters.